The predicted octanol–water partition coefficient (Wildman–Crippen LogP) is -1.03. The topological polar surface area (TPSA) is 415 Å². The van der Waals surface area contributed by atoms with Crippen molar-refractivity contribution < 1.29 is 93.7 Å². The van der Waals surface area contributed by atoms with E-state index >= 15 is 9.59 Å². The van der Waals surface area contributed by atoms with Gasteiger partial charge in [-0.15, -0.1) is 0 Å². The fraction of sp³-hybridized carbons (Fsp3) is 0.623. The number of amides is 4. The third kappa shape index (κ3) is 12.4. The van der Waals surface area contributed by atoms with Crippen LogP contribution in [0.4, 0.5) is 10.5 Å². The molecule has 30 heteroatoms. The first-order chi connectivity index (χ1) is 43.3. The smallest absolute Gasteiger partial charge is 0.426 e. The van der Waals surface area contributed by atoms with Crippen LogP contribution in [0, 0.1) is 11.3 Å². The van der Waals surface area contributed by atoms with Crippen molar-refractivity contribution in [3.05, 3.63) is 70.9 Å². The molecule has 6 heterocycles. The molecule has 2 saturated heterocycles. The van der Waals surface area contributed by atoms with Gasteiger partial charge in [0.15, 0.2) is 5.60 Å². The van der Waals surface area contributed by atoms with Crippen molar-refractivity contribution >= 4 is 79.9 Å². The Balaban J connectivity index is 0.947. The van der Waals surface area contributed by atoms with Gasteiger partial charge in [0.2, 0.25) is 11.8 Å². The molecule has 1 unspecified atom stereocenters. The lowest BCUT2D eigenvalue weighted by Crippen LogP contribution is -2.82. The van der Waals surface area contributed by atoms with Gasteiger partial charge >= 0.3 is 24.0 Å². The zero-order valence-corrected chi connectivity index (χ0v) is 53.3. The molecular weight excluding hydrogens is 1230 g/mol. The highest BCUT2D eigenvalue weighted by atomic mass is 33.1. The molecule has 2 aromatic carbocycles. The molecule has 28 nitrogen and oxygen atoms in total. The Bertz CT molecular complexity index is 3270. The summed E-state index contributed by atoms with van der Waals surface area (Å²) >= 11 is 0. The van der Waals surface area contributed by atoms with Crippen molar-refractivity contribution in [2.45, 2.75) is 142 Å². The second-order valence-electron chi connectivity index (χ2n) is 24.8. The Labute approximate surface area is 533 Å². The predicted molar refractivity (Wildman–Crippen MR) is 333 cm³/mol. The standard InChI is InChI=1S/C61H85N9O19S2/c1-7-57(85)26-32-27-60(55(83)88-6,47-34(16-20-69(28-32)31-57)33-12-9-10-13-37(33)63-47)36-24-35-40(25-42(36)87-5)68(4)52-59(35)18-21-70-19-11-17-58(8-2,51(59)70)53(81)61(52,86)54(82)66-67-56(84)89-22-23-90-91-30-39(50(79)80)64-49(78)44(46(76)45(75)41(72)29-71)65-48(77)38(62-3)14-15-43(73)74/h9-13,17,24-25,32,38-39,41,44-46,51-53,62-63,71-72,75-76,81,85-86H,7-8,14-16,18-23,26-31H2,1-6H3,(H,64,78)(H,65,77)(H,66,82)(H,67,84)(H,73,74)(H,79,80)/t32-,38+,39+,41-,44+,45-,46-,51+,52-,53-,57+,58-,59-,60+,61+/m1/s1. The summed E-state index contributed by atoms with van der Waals surface area (Å²) in [4.78, 5) is 104. The first kappa shape index (κ1) is 69.1. The number of aliphatic hydroxyl groups is 7. The molecule has 9 rings (SSSR count). The highest BCUT2D eigenvalue weighted by Crippen LogP contribution is 2.67. The van der Waals surface area contributed by atoms with Gasteiger partial charge in [-0.25, -0.2) is 15.0 Å². The number of H-pyrrole nitrogens is 1. The van der Waals surface area contributed by atoms with Crippen molar-refractivity contribution in [3.63, 3.8) is 0 Å². The maximum absolute atomic E-state index is 15.5. The van der Waals surface area contributed by atoms with Crippen LogP contribution in [-0.2, 0) is 55.5 Å². The number of nitrogens with zero attached hydrogens (tertiary/aromatic N) is 3. The van der Waals surface area contributed by atoms with Gasteiger partial charge in [0.1, 0.15) is 54.3 Å². The maximum atomic E-state index is 15.5. The average Bonchev–Trinajstić information content (AvgIpc) is 1.51. The van der Waals surface area contributed by atoms with Crippen LogP contribution in [0.3, 0.4) is 0 Å². The number of rotatable bonds is 25. The van der Waals surface area contributed by atoms with E-state index in [0.29, 0.717) is 86.7 Å². The fourth-order valence-corrected chi connectivity index (χ4v) is 17.8. The number of hydrazine groups is 1. The second-order valence-corrected chi connectivity index (χ2v) is 27.5. The lowest BCUT2D eigenvalue weighted by Gasteiger charge is -2.63. The summed E-state index contributed by atoms with van der Waals surface area (Å²) in [7, 11) is 7.85. The molecule has 15 N–H and O–H groups in total. The number of aliphatic carboxylic acids is 2. The van der Waals surface area contributed by atoms with E-state index in [2.05, 4.69) is 41.6 Å². The summed E-state index contributed by atoms with van der Waals surface area (Å²) in [6.07, 6.45) is -4.01. The molecule has 0 radical (unpaired) electrons. The molecule has 6 aliphatic rings. The fourth-order valence-electron chi connectivity index (χ4n) is 15.8. The first-order valence-corrected chi connectivity index (χ1v) is 33.1. The molecule has 5 aliphatic heterocycles. The molecule has 3 aromatic rings. The summed E-state index contributed by atoms with van der Waals surface area (Å²) in [5, 5.41) is 106. The van der Waals surface area contributed by atoms with Crippen molar-refractivity contribution in [2.75, 3.05) is 90.7 Å². The molecule has 4 amide bonds. The van der Waals surface area contributed by atoms with E-state index in [1.165, 1.54) is 21.3 Å². The minimum atomic E-state index is -2.68. The van der Waals surface area contributed by atoms with Crippen LogP contribution in [0.15, 0.2) is 48.6 Å². The maximum Gasteiger partial charge on any atom is 0.426 e. The van der Waals surface area contributed by atoms with Gasteiger partial charge in [-0.1, -0.05) is 65.8 Å². The number of aromatic amines is 1. The number of anilines is 1. The molecule has 91 heavy (non-hydrogen) atoms. The van der Waals surface area contributed by atoms with Gasteiger partial charge in [-0.2, -0.15) is 0 Å². The number of carboxylic acid groups (broad SMARTS) is 2. The number of aromatic nitrogens is 1. The Morgan fingerprint density at radius 1 is 0.890 bits per heavy atom. The number of nitrogens with one attached hydrogen (secondary N) is 6. The van der Waals surface area contributed by atoms with E-state index in [0.717, 1.165) is 38.1 Å². The van der Waals surface area contributed by atoms with E-state index in [4.69, 9.17) is 19.3 Å². The van der Waals surface area contributed by atoms with E-state index in [1.54, 1.807) is 11.9 Å². The first-order valence-electron chi connectivity index (χ1n) is 30.6. The SMILES string of the molecule is CC[C@]1(O)C[C@H]2CN(CCc3c([nH]c4ccccc34)[C@@](C(=O)OC)(c3cc4c(cc3OC)N(C)[C@H]3[C@@](O)(C(=O)NNC(=O)OCCSSC[C@H](NC(=O)[C@@H](NC(=O)[C@H](CCC(=O)O)NC)[C@@H](O)[C@H](O)[C@H](O)CO)C(=O)O)[C@H](O)[C@]5(CC)C=CCN6CC[C@]43[C@@H]65)C2)C1. The Morgan fingerprint density at radius 2 is 1.64 bits per heavy atom. The Morgan fingerprint density at radius 3 is 2.31 bits per heavy atom. The van der Waals surface area contributed by atoms with Crippen LogP contribution < -0.4 is 36.4 Å². The number of carbonyl (C=O) groups excluding carboxylic acids is 5. The molecule has 3 fully saturated rings. The van der Waals surface area contributed by atoms with Crippen LogP contribution in [0.5, 0.6) is 5.75 Å². The number of esters is 1. The van der Waals surface area contributed by atoms with Gasteiger partial charge in [0, 0.05) is 102 Å². The number of hydrogen-bond acceptors (Lipinski definition) is 23. The van der Waals surface area contributed by atoms with E-state index < -0.39 is 137 Å². The molecule has 2 bridgehead atoms. The third-order valence-corrected chi connectivity index (χ3v) is 22.4. The number of methoxy groups -OCH3 is 2. The number of carbonyl (C=O) groups is 7. The quantitative estimate of drug-likeness (QED) is 0.0158. The van der Waals surface area contributed by atoms with Crippen molar-refractivity contribution in [2.24, 2.45) is 11.3 Å². The third-order valence-electron chi connectivity index (χ3n) is 20.0. The summed E-state index contributed by atoms with van der Waals surface area (Å²) in [5.41, 5.74) is 1.06. The highest BCUT2D eigenvalue weighted by molar-refractivity contribution is 8.76. The number of likely N-dealkylation sites (N-methyl/N-ethyl adjacent to an activating group) is 2. The minimum absolute atomic E-state index is 0.0145. The van der Waals surface area contributed by atoms with Gasteiger partial charge in [-0.05, 0) is 87.7 Å². The zero-order chi connectivity index (χ0) is 66.1. The average molecular weight is 1310 g/mol. The monoisotopic (exact) mass is 1310 g/mol. The van der Waals surface area contributed by atoms with Gasteiger partial charge in [0.05, 0.1) is 38.5 Å². The van der Waals surface area contributed by atoms with Crippen LogP contribution in [0.1, 0.15) is 81.2 Å². The van der Waals surface area contributed by atoms with Crippen LogP contribution in [0.25, 0.3) is 10.9 Å². The zero-order valence-electron chi connectivity index (χ0n) is 51.7. The Hall–Kier alpha value is -6.29. The van der Waals surface area contributed by atoms with Crippen LogP contribution in [0.2, 0.25) is 0 Å². The molecule has 1 spiro atoms. The largest absolute Gasteiger partial charge is 0.496 e. The number of benzene rings is 2. The van der Waals surface area contributed by atoms with Crippen LogP contribution >= 0.6 is 21.6 Å². The van der Waals surface area contributed by atoms with Crippen molar-refractivity contribution in [1.82, 2.24) is 41.6 Å². The van der Waals surface area contributed by atoms with Gasteiger partial charge in [0.25, 0.3) is 5.91 Å². The lowest BCUT2D eigenvalue weighted by molar-refractivity contribution is -0.204. The number of carboxylic acids is 2. The summed E-state index contributed by atoms with van der Waals surface area (Å²) in [6.45, 7) is 5.20. The number of aliphatic hydroxyl groups excluding tert-OH is 5. The molecular formula is C61H85N9O19S2. The molecule has 1 aromatic heterocycles. The van der Waals surface area contributed by atoms with Gasteiger partial charge in [-0.3, -0.25) is 39.2 Å². The highest BCUT2D eigenvalue weighted by Gasteiger charge is 2.79. The van der Waals surface area contributed by atoms with E-state index in [-0.39, 0.29) is 43.3 Å². The normalized spacial score (nSPS) is 30.0. The minimum Gasteiger partial charge on any atom is -0.496 e. The van der Waals surface area contributed by atoms with Crippen LogP contribution in [-0.4, -0.2) is 254 Å². The lowest BCUT2D eigenvalue weighted by atomic mass is 9.47. The molecule has 1 saturated carbocycles. The van der Waals surface area contributed by atoms with Crippen molar-refractivity contribution in [1.29, 1.82) is 0 Å². The number of hydrogen-bond donors (Lipinski definition) is 15. The number of para-hydroxylation sites is 1. The van der Waals surface area contributed by atoms with Crippen molar-refractivity contribution in [3.8, 4) is 5.75 Å². The Kier molecular flexibility index (Phi) is 21.0. The van der Waals surface area contributed by atoms with Gasteiger partial charge < -0.3 is 86.0 Å². The number of fused-ring (bicyclic) bond motifs is 6. The molecule has 16 atom stereocenters. The summed E-state index contributed by atoms with van der Waals surface area (Å²) in [5.74, 6) is -7.03. The van der Waals surface area contributed by atoms with E-state index in [9.17, 15) is 64.8 Å². The molecule has 500 valence electrons. The number of ether oxygens (including phenoxy) is 3. The number of piperidine rings is 1. The molecule has 1 aliphatic carbocycles. The summed E-state index contributed by atoms with van der Waals surface area (Å²) < 4.78 is 17.7. The van der Waals surface area contributed by atoms with E-state index in [1.807, 2.05) is 62.4 Å². The second kappa shape index (κ2) is 27.7. The summed E-state index contributed by atoms with van der Waals surface area (Å²) in [6, 6.07) is 4.98.